The fraction of sp³-hybridized carbons (Fsp3) is 0.154. The summed E-state index contributed by atoms with van der Waals surface area (Å²) in [5.41, 5.74) is 5.95. The van der Waals surface area contributed by atoms with E-state index in [1.807, 2.05) is 36.4 Å². The van der Waals surface area contributed by atoms with Crippen molar-refractivity contribution in [3.05, 3.63) is 78.0 Å². The van der Waals surface area contributed by atoms with Crippen molar-refractivity contribution in [2.45, 2.75) is 20.0 Å². The smallest absolute Gasteiger partial charge is 0.231 e. The molecule has 1 aliphatic rings. The summed E-state index contributed by atoms with van der Waals surface area (Å²) in [6.45, 7) is 2.74. The van der Waals surface area contributed by atoms with E-state index in [-0.39, 0.29) is 19.2 Å². The van der Waals surface area contributed by atoms with Gasteiger partial charge in [0, 0.05) is 28.8 Å². The molecule has 2 aromatic heterocycles. The zero-order chi connectivity index (χ0) is 22.9. The van der Waals surface area contributed by atoms with Gasteiger partial charge in [-0.3, -0.25) is 4.98 Å². The second-order valence-corrected chi connectivity index (χ2v) is 7.97. The third-order valence-corrected chi connectivity index (χ3v) is 5.87. The Morgan fingerprint density at radius 3 is 2.46 bits per heavy atom. The number of pyridine rings is 1. The molecule has 0 aliphatic carbocycles. The number of fused-ring (bicyclic) bond motifs is 2. The van der Waals surface area contributed by atoms with Crippen molar-refractivity contribution in [2.24, 2.45) is 0 Å². The fourth-order valence-electron chi connectivity index (χ4n) is 4.09. The van der Waals surface area contributed by atoms with Crippen molar-refractivity contribution in [2.75, 3.05) is 6.79 Å². The fourth-order valence-corrected chi connectivity index (χ4v) is 4.09. The molecule has 1 aliphatic heterocycles. The van der Waals surface area contributed by atoms with Crippen molar-refractivity contribution in [3.63, 3.8) is 0 Å². The monoisotopic (exact) mass is 487 g/mol. The minimum atomic E-state index is 0. The first-order valence-corrected chi connectivity index (χ1v) is 11.1. The van der Waals surface area contributed by atoms with E-state index >= 15 is 0 Å². The highest BCUT2D eigenvalue weighted by Crippen LogP contribution is 2.39. The summed E-state index contributed by atoms with van der Waals surface area (Å²) < 4.78 is 17.3. The van der Waals surface area contributed by atoms with Crippen LogP contribution in [0.15, 0.2) is 66.7 Å². The first kappa shape index (κ1) is 22.6. The number of aryl methyl sites for hydroxylation is 1. The van der Waals surface area contributed by atoms with Crippen LogP contribution in [0.25, 0.3) is 33.4 Å². The molecule has 0 unspecified atom stereocenters. The van der Waals surface area contributed by atoms with E-state index in [0.717, 1.165) is 56.8 Å². The second-order valence-electron chi connectivity index (χ2n) is 7.97. The molecule has 8 nitrogen and oxygen atoms in total. The van der Waals surface area contributed by atoms with Crippen LogP contribution in [0.1, 0.15) is 18.2 Å². The van der Waals surface area contributed by atoms with E-state index in [2.05, 4.69) is 57.9 Å². The molecule has 176 valence electrons. The Labute approximate surface area is 207 Å². The molecule has 1 N–H and O–H groups in total. The molecule has 3 aromatic carbocycles. The first-order valence-electron chi connectivity index (χ1n) is 11.1. The predicted octanol–water partition coefficient (Wildman–Crippen LogP) is 5.37. The van der Waals surface area contributed by atoms with Crippen LogP contribution in [0.5, 0.6) is 17.2 Å². The Morgan fingerprint density at radius 1 is 0.943 bits per heavy atom. The zero-order valence-corrected chi connectivity index (χ0v) is 19.7. The minimum absolute atomic E-state index is 0. The summed E-state index contributed by atoms with van der Waals surface area (Å²) in [6, 6.07) is 22.2. The standard InChI is InChI=1S/C26H21N5O3.ClH/c1-2-18-11-23(21-12-24-25(34-15-33-24)13-22(21)27-18)32-14-16-7-9-17(10-8-16)19-5-3-4-6-20(19)26-28-30-31-29-26;/h3-13H,2,14-15H2,1H3,(H,28,29,30,31);1H. The van der Waals surface area contributed by atoms with E-state index in [4.69, 9.17) is 19.2 Å². The van der Waals surface area contributed by atoms with E-state index in [0.29, 0.717) is 18.2 Å². The van der Waals surface area contributed by atoms with Gasteiger partial charge in [-0.2, -0.15) is 0 Å². The van der Waals surface area contributed by atoms with Crippen molar-refractivity contribution in [1.29, 1.82) is 0 Å². The number of rotatable bonds is 6. The van der Waals surface area contributed by atoms with Gasteiger partial charge in [0.25, 0.3) is 0 Å². The highest BCUT2D eigenvalue weighted by molar-refractivity contribution is 5.88. The van der Waals surface area contributed by atoms with Gasteiger partial charge in [-0.1, -0.05) is 55.5 Å². The number of aromatic amines is 1. The average molecular weight is 488 g/mol. The Bertz CT molecular complexity index is 1470. The Hall–Kier alpha value is -4.17. The van der Waals surface area contributed by atoms with Crippen LogP contribution in [0.4, 0.5) is 0 Å². The zero-order valence-electron chi connectivity index (χ0n) is 18.9. The number of hydrogen-bond acceptors (Lipinski definition) is 7. The van der Waals surface area contributed by atoms with Gasteiger partial charge >= 0.3 is 0 Å². The molecule has 0 fully saturated rings. The summed E-state index contributed by atoms with van der Waals surface area (Å²) in [4.78, 5) is 4.73. The highest BCUT2D eigenvalue weighted by atomic mass is 35.5. The number of hydrogen-bond donors (Lipinski definition) is 1. The normalized spacial score (nSPS) is 11.9. The van der Waals surface area contributed by atoms with Gasteiger partial charge in [-0.15, -0.1) is 17.5 Å². The van der Waals surface area contributed by atoms with Crippen molar-refractivity contribution < 1.29 is 14.2 Å². The van der Waals surface area contributed by atoms with Crippen LogP contribution in [0, 0.1) is 0 Å². The minimum Gasteiger partial charge on any atom is -0.488 e. The Morgan fingerprint density at radius 2 is 1.71 bits per heavy atom. The third-order valence-electron chi connectivity index (χ3n) is 5.87. The number of benzene rings is 3. The number of halogens is 1. The molecule has 0 radical (unpaired) electrons. The molecule has 0 atom stereocenters. The SMILES string of the molecule is CCc1cc(OCc2ccc(-c3ccccc3-c3nnn[nH]3)cc2)c2cc3c(cc2n1)OCO3.Cl. The van der Waals surface area contributed by atoms with Crippen LogP contribution in [0.2, 0.25) is 0 Å². The number of aromatic nitrogens is 5. The molecule has 0 spiro atoms. The van der Waals surface area contributed by atoms with Gasteiger partial charge in [0.1, 0.15) is 12.4 Å². The van der Waals surface area contributed by atoms with E-state index in [1.165, 1.54) is 0 Å². The van der Waals surface area contributed by atoms with Gasteiger partial charge in [0.05, 0.1) is 5.52 Å². The lowest BCUT2D eigenvalue weighted by Gasteiger charge is -2.12. The number of ether oxygens (including phenoxy) is 3. The predicted molar refractivity (Wildman–Crippen MR) is 134 cm³/mol. The average Bonchev–Trinajstić information content (AvgIpc) is 3.58. The van der Waals surface area contributed by atoms with Crippen molar-refractivity contribution >= 4 is 23.3 Å². The first-order chi connectivity index (χ1) is 16.8. The summed E-state index contributed by atoms with van der Waals surface area (Å²) in [6.07, 6.45) is 0.815. The molecule has 6 rings (SSSR count). The van der Waals surface area contributed by atoms with Gasteiger partial charge in [0.2, 0.25) is 6.79 Å². The topological polar surface area (TPSA) is 95.0 Å². The van der Waals surface area contributed by atoms with Gasteiger partial charge < -0.3 is 14.2 Å². The molecular weight excluding hydrogens is 466 g/mol. The highest BCUT2D eigenvalue weighted by Gasteiger charge is 2.18. The largest absolute Gasteiger partial charge is 0.488 e. The van der Waals surface area contributed by atoms with E-state index < -0.39 is 0 Å². The maximum Gasteiger partial charge on any atom is 0.231 e. The lowest BCUT2D eigenvalue weighted by Crippen LogP contribution is -1.99. The molecule has 35 heavy (non-hydrogen) atoms. The van der Waals surface area contributed by atoms with Crippen LogP contribution >= 0.6 is 12.4 Å². The molecule has 5 aromatic rings. The number of nitrogens with zero attached hydrogens (tertiary/aromatic N) is 4. The molecule has 0 amide bonds. The third kappa shape index (κ3) is 4.36. The van der Waals surface area contributed by atoms with E-state index in [1.54, 1.807) is 0 Å². The second kappa shape index (κ2) is 9.60. The summed E-state index contributed by atoms with van der Waals surface area (Å²) in [5.74, 6) is 2.86. The number of tetrazole rings is 1. The molecule has 0 saturated heterocycles. The van der Waals surface area contributed by atoms with Gasteiger partial charge in [-0.05, 0) is 39.6 Å². The quantitative estimate of drug-likeness (QED) is 0.344. The van der Waals surface area contributed by atoms with Crippen molar-refractivity contribution in [1.82, 2.24) is 25.6 Å². The van der Waals surface area contributed by atoms with Crippen LogP contribution < -0.4 is 14.2 Å². The molecular formula is C26H22ClN5O3. The van der Waals surface area contributed by atoms with Crippen LogP contribution in [-0.2, 0) is 13.0 Å². The lowest BCUT2D eigenvalue weighted by molar-refractivity contribution is 0.174. The Balaban J connectivity index is 0.00000253. The number of nitrogens with one attached hydrogen (secondary N) is 1. The molecule has 0 saturated carbocycles. The van der Waals surface area contributed by atoms with Gasteiger partial charge in [-0.25, -0.2) is 5.10 Å². The maximum absolute atomic E-state index is 6.27. The van der Waals surface area contributed by atoms with E-state index in [9.17, 15) is 0 Å². The maximum atomic E-state index is 6.27. The summed E-state index contributed by atoms with van der Waals surface area (Å²) >= 11 is 0. The molecule has 0 bridgehead atoms. The summed E-state index contributed by atoms with van der Waals surface area (Å²) in [7, 11) is 0. The van der Waals surface area contributed by atoms with Crippen molar-refractivity contribution in [3.8, 4) is 39.8 Å². The lowest BCUT2D eigenvalue weighted by atomic mass is 9.98. The molecule has 9 heteroatoms. The summed E-state index contributed by atoms with van der Waals surface area (Å²) in [5, 5.41) is 15.2. The molecule has 3 heterocycles. The van der Waals surface area contributed by atoms with Gasteiger partial charge in [0.15, 0.2) is 17.3 Å². The number of H-pyrrole nitrogens is 1. The van der Waals surface area contributed by atoms with Crippen LogP contribution in [0.3, 0.4) is 0 Å². The van der Waals surface area contributed by atoms with Crippen LogP contribution in [-0.4, -0.2) is 32.4 Å². The Kier molecular flexibility index (Phi) is 6.20.